The molecular formula is C22H27NO. The van der Waals surface area contributed by atoms with E-state index in [-0.39, 0.29) is 6.04 Å². The number of likely N-dealkylation sites (tertiary alicyclic amines) is 1. The summed E-state index contributed by atoms with van der Waals surface area (Å²) < 4.78 is 0. The standard InChI is InChI=1S/C22H27NO/c24-22(19-12-7-13-19)21(18-10-5-2-6-11-18)23-15-14-20(16-23)17-8-3-1-4-9-17/h1,3-4,7-9,12-13,18,20-21H,2,5-6,10-11,14-16H2/t20-,21-/m1/s1. The van der Waals surface area contributed by atoms with Gasteiger partial charge in [0.1, 0.15) is 0 Å². The molecule has 0 bridgehead atoms. The Morgan fingerprint density at radius 3 is 2.46 bits per heavy atom. The van der Waals surface area contributed by atoms with Gasteiger partial charge in [-0.2, -0.15) is 0 Å². The third-order valence-electron chi connectivity index (χ3n) is 6.09. The van der Waals surface area contributed by atoms with E-state index >= 15 is 0 Å². The third kappa shape index (κ3) is 3.12. The average molecular weight is 321 g/mol. The lowest BCUT2D eigenvalue weighted by Gasteiger charge is -2.36. The van der Waals surface area contributed by atoms with Crippen molar-refractivity contribution in [3.05, 3.63) is 59.7 Å². The van der Waals surface area contributed by atoms with Crippen molar-refractivity contribution in [1.29, 1.82) is 0 Å². The first kappa shape index (κ1) is 15.8. The van der Waals surface area contributed by atoms with Gasteiger partial charge in [0.2, 0.25) is 0 Å². The SMILES string of the molecule is O=C(C1=CC=C1)[C@@H](C1CCCCC1)N1CC[C@@H](c2ccccc2)C1. The molecule has 1 saturated carbocycles. The van der Waals surface area contributed by atoms with Crippen molar-refractivity contribution in [3.63, 3.8) is 0 Å². The first-order chi connectivity index (χ1) is 11.8. The van der Waals surface area contributed by atoms with Crippen molar-refractivity contribution in [2.24, 2.45) is 5.92 Å². The molecule has 0 aromatic heterocycles. The Morgan fingerprint density at radius 2 is 1.79 bits per heavy atom. The van der Waals surface area contributed by atoms with Gasteiger partial charge in [-0.15, -0.1) is 0 Å². The Bertz CT molecular complexity index is 639. The zero-order valence-corrected chi connectivity index (χ0v) is 14.4. The Kier molecular flexibility index (Phi) is 4.66. The maximum Gasteiger partial charge on any atom is 0.180 e. The first-order valence-corrected chi connectivity index (χ1v) is 9.54. The smallest absolute Gasteiger partial charge is 0.180 e. The van der Waals surface area contributed by atoms with E-state index in [4.69, 9.17) is 0 Å². The lowest BCUT2D eigenvalue weighted by molar-refractivity contribution is -0.122. The molecule has 1 heterocycles. The van der Waals surface area contributed by atoms with Gasteiger partial charge in [-0.1, -0.05) is 67.8 Å². The molecule has 2 fully saturated rings. The number of hydrogen-bond acceptors (Lipinski definition) is 2. The van der Waals surface area contributed by atoms with Crippen LogP contribution < -0.4 is 0 Å². The molecule has 0 spiro atoms. The highest BCUT2D eigenvalue weighted by Gasteiger charge is 2.39. The van der Waals surface area contributed by atoms with E-state index in [9.17, 15) is 4.79 Å². The number of rotatable bonds is 5. The molecule has 4 rings (SSSR count). The van der Waals surface area contributed by atoms with Crippen molar-refractivity contribution in [1.82, 2.24) is 4.90 Å². The van der Waals surface area contributed by atoms with Gasteiger partial charge in [0.25, 0.3) is 0 Å². The Labute approximate surface area is 145 Å². The monoisotopic (exact) mass is 321 g/mol. The van der Waals surface area contributed by atoms with Gasteiger partial charge < -0.3 is 0 Å². The van der Waals surface area contributed by atoms with Crippen LogP contribution in [0.2, 0.25) is 0 Å². The molecule has 0 unspecified atom stereocenters. The van der Waals surface area contributed by atoms with E-state index in [1.165, 1.54) is 44.1 Å². The van der Waals surface area contributed by atoms with Crippen molar-refractivity contribution < 1.29 is 4.79 Å². The second kappa shape index (κ2) is 7.06. The van der Waals surface area contributed by atoms with Crippen LogP contribution >= 0.6 is 0 Å². The summed E-state index contributed by atoms with van der Waals surface area (Å²) in [5.74, 6) is 1.50. The molecule has 1 aliphatic heterocycles. The van der Waals surface area contributed by atoms with Gasteiger partial charge in [-0.25, -0.2) is 0 Å². The second-order valence-corrected chi connectivity index (χ2v) is 7.58. The summed E-state index contributed by atoms with van der Waals surface area (Å²) in [5.41, 5.74) is 2.37. The fourth-order valence-electron chi connectivity index (χ4n) is 4.69. The van der Waals surface area contributed by atoms with Crippen LogP contribution in [0.3, 0.4) is 0 Å². The van der Waals surface area contributed by atoms with Gasteiger partial charge in [0.15, 0.2) is 5.78 Å². The maximum absolute atomic E-state index is 13.1. The molecule has 3 aliphatic rings. The van der Waals surface area contributed by atoms with Crippen LogP contribution in [0, 0.1) is 5.92 Å². The van der Waals surface area contributed by atoms with E-state index < -0.39 is 0 Å². The predicted molar refractivity (Wildman–Crippen MR) is 98.0 cm³/mol. The summed E-state index contributed by atoms with van der Waals surface area (Å²) in [7, 11) is 0. The minimum absolute atomic E-state index is 0.107. The molecule has 2 nitrogen and oxygen atoms in total. The van der Waals surface area contributed by atoms with Gasteiger partial charge in [-0.05, 0) is 43.2 Å². The van der Waals surface area contributed by atoms with E-state index in [2.05, 4.69) is 35.2 Å². The third-order valence-corrected chi connectivity index (χ3v) is 6.09. The summed E-state index contributed by atoms with van der Waals surface area (Å²) in [6.07, 6.45) is 13.5. The van der Waals surface area contributed by atoms with Crippen LogP contribution in [0.15, 0.2) is 54.1 Å². The number of Topliss-reactive ketones (excluding diaryl/α,β-unsaturated/α-hetero) is 1. The fraction of sp³-hybridized carbons (Fsp3) is 0.500. The predicted octanol–water partition coefficient (Wildman–Crippen LogP) is 4.49. The highest BCUT2D eigenvalue weighted by molar-refractivity contribution is 6.04. The summed E-state index contributed by atoms with van der Waals surface area (Å²) in [4.78, 5) is 15.6. The number of hydrogen-bond donors (Lipinski definition) is 0. The van der Waals surface area contributed by atoms with Crippen LogP contribution in [0.4, 0.5) is 0 Å². The average Bonchev–Trinajstić information content (AvgIpc) is 3.05. The zero-order chi connectivity index (χ0) is 16.4. The molecule has 2 atom stereocenters. The van der Waals surface area contributed by atoms with E-state index in [0.717, 1.165) is 18.7 Å². The minimum atomic E-state index is 0.107. The molecular weight excluding hydrogens is 294 g/mol. The largest absolute Gasteiger partial charge is 0.292 e. The van der Waals surface area contributed by atoms with Gasteiger partial charge >= 0.3 is 0 Å². The Balaban J connectivity index is 1.51. The molecule has 2 heteroatoms. The van der Waals surface area contributed by atoms with Crippen LogP contribution in [0.25, 0.3) is 0 Å². The zero-order valence-electron chi connectivity index (χ0n) is 14.4. The van der Waals surface area contributed by atoms with E-state index in [1.807, 2.05) is 18.2 Å². The van der Waals surface area contributed by atoms with E-state index in [1.54, 1.807) is 0 Å². The van der Waals surface area contributed by atoms with Gasteiger partial charge in [0.05, 0.1) is 6.04 Å². The van der Waals surface area contributed by atoms with E-state index in [0.29, 0.717) is 17.6 Å². The number of nitrogens with zero attached hydrogens (tertiary/aromatic N) is 1. The summed E-state index contributed by atoms with van der Waals surface area (Å²) in [6, 6.07) is 10.9. The number of benzene rings is 1. The normalized spacial score (nSPS) is 26.0. The molecule has 0 amide bonds. The molecule has 2 aliphatic carbocycles. The van der Waals surface area contributed by atoms with Gasteiger partial charge in [-0.3, -0.25) is 9.69 Å². The number of ketones is 1. The molecule has 0 radical (unpaired) electrons. The van der Waals surface area contributed by atoms with Crippen LogP contribution in [0.5, 0.6) is 0 Å². The lowest BCUT2D eigenvalue weighted by Crippen LogP contribution is -2.46. The molecule has 24 heavy (non-hydrogen) atoms. The summed E-state index contributed by atoms with van der Waals surface area (Å²) in [6.45, 7) is 2.09. The first-order valence-electron chi connectivity index (χ1n) is 9.54. The molecule has 1 saturated heterocycles. The molecule has 126 valence electrons. The number of carbonyl (C=O) groups excluding carboxylic acids is 1. The molecule has 1 aromatic carbocycles. The minimum Gasteiger partial charge on any atom is -0.292 e. The Hall–Kier alpha value is -1.67. The van der Waals surface area contributed by atoms with Crippen molar-refractivity contribution in [3.8, 4) is 0 Å². The highest BCUT2D eigenvalue weighted by atomic mass is 16.1. The second-order valence-electron chi connectivity index (χ2n) is 7.58. The molecule has 1 aromatic rings. The van der Waals surface area contributed by atoms with Crippen LogP contribution in [-0.4, -0.2) is 29.8 Å². The van der Waals surface area contributed by atoms with Crippen molar-refractivity contribution in [2.75, 3.05) is 13.1 Å². The topological polar surface area (TPSA) is 20.3 Å². The summed E-state index contributed by atoms with van der Waals surface area (Å²) >= 11 is 0. The number of allylic oxidation sites excluding steroid dienone is 3. The van der Waals surface area contributed by atoms with Crippen molar-refractivity contribution >= 4 is 5.78 Å². The quantitative estimate of drug-likeness (QED) is 0.796. The highest BCUT2D eigenvalue weighted by Crippen LogP contribution is 2.36. The fourth-order valence-corrected chi connectivity index (χ4v) is 4.69. The number of carbonyl (C=O) groups is 1. The van der Waals surface area contributed by atoms with Crippen LogP contribution in [0.1, 0.15) is 50.0 Å². The van der Waals surface area contributed by atoms with Gasteiger partial charge in [0, 0.05) is 12.1 Å². The molecule has 0 N–H and O–H groups in total. The van der Waals surface area contributed by atoms with Crippen molar-refractivity contribution in [2.45, 2.75) is 50.5 Å². The lowest BCUT2D eigenvalue weighted by atomic mass is 9.79. The Morgan fingerprint density at radius 1 is 1.04 bits per heavy atom. The summed E-state index contributed by atoms with van der Waals surface area (Å²) in [5, 5.41) is 0. The maximum atomic E-state index is 13.1. The van der Waals surface area contributed by atoms with Crippen LogP contribution in [-0.2, 0) is 4.79 Å².